The van der Waals surface area contributed by atoms with Gasteiger partial charge in [-0.25, -0.2) is 0 Å². The van der Waals surface area contributed by atoms with E-state index in [9.17, 15) is 0 Å². The fraction of sp³-hybridized carbons (Fsp3) is 0. The van der Waals surface area contributed by atoms with E-state index in [0.717, 1.165) is 0 Å². The van der Waals surface area contributed by atoms with Gasteiger partial charge in [0.2, 0.25) is 0 Å². The average Bonchev–Trinajstić information content (AvgIpc) is 3.18. The van der Waals surface area contributed by atoms with E-state index < -0.39 is 15.8 Å². The summed E-state index contributed by atoms with van der Waals surface area (Å²) < 4.78 is 30.0. The summed E-state index contributed by atoms with van der Waals surface area (Å²) in [5, 5.41) is 8.39. The van der Waals surface area contributed by atoms with E-state index in [0.29, 0.717) is 0 Å². The Balaban J connectivity index is 0. The Morgan fingerprint density at radius 3 is 0.458 bits per heavy atom. The first-order valence-electron chi connectivity index (χ1n) is 13.6. The summed E-state index contributed by atoms with van der Waals surface area (Å²) in [6, 6.07) is 64.7. The minimum Gasteiger partial charge on any atom is -0.0622 e. The molecule has 48 heavy (non-hydrogen) atoms. The van der Waals surface area contributed by atoms with Crippen molar-refractivity contribution in [2.45, 2.75) is 0 Å². The first-order valence-corrected chi connectivity index (χ1v) is 16.3. The number of halogens is 1. The van der Waals surface area contributed by atoms with Crippen molar-refractivity contribution < 1.29 is 52.7 Å². The van der Waals surface area contributed by atoms with E-state index in [2.05, 4.69) is 209 Å². The molecule has 0 aliphatic carbocycles. The molecule has 0 aliphatic heterocycles. The molecule has 0 fully saturated rings. The second-order valence-corrected chi connectivity index (χ2v) is 13.1. The molecule has 8 heteroatoms. The second kappa shape index (κ2) is 30.5. The molecule has 0 saturated heterocycles. The van der Waals surface area contributed by atoms with E-state index in [-0.39, 0.29) is 34.1 Å². The molecule has 0 atom stereocenters. The quantitative estimate of drug-likeness (QED) is 0.107. The van der Waals surface area contributed by atoms with Crippen molar-refractivity contribution in [3.63, 3.8) is 0 Å². The van der Waals surface area contributed by atoms with Gasteiger partial charge in [0.1, 0.15) is 0 Å². The van der Waals surface area contributed by atoms with Gasteiger partial charge in [-0.3, -0.25) is 0 Å². The molecule has 0 amide bonds. The molecule has 0 spiro atoms. The summed E-state index contributed by atoms with van der Waals surface area (Å²) >= 11 is 0. The maximum atomic E-state index is 7.50. The molecule has 6 aromatic rings. The Labute approximate surface area is 307 Å². The van der Waals surface area contributed by atoms with Crippen LogP contribution in [0.3, 0.4) is 0 Å². The van der Waals surface area contributed by atoms with Crippen molar-refractivity contribution in [2.75, 3.05) is 0 Å². The Morgan fingerprint density at radius 2 is 0.354 bits per heavy atom. The molecular formula is C40H30BrMnO4P2-. The summed E-state index contributed by atoms with van der Waals surface area (Å²) in [6.07, 6.45) is 0. The van der Waals surface area contributed by atoms with Crippen molar-refractivity contribution in [3.8, 4) is 0 Å². The van der Waals surface area contributed by atoms with Crippen molar-refractivity contribution >= 4 is 47.7 Å². The monoisotopic (exact) mass is 770 g/mol. The van der Waals surface area contributed by atoms with E-state index in [1.54, 1.807) is 0 Å². The zero-order chi connectivity index (χ0) is 33.8. The van der Waals surface area contributed by atoms with E-state index in [1.165, 1.54) is 31.8 Å². The molecule has 4 nitrogen and oxygen atoms in total. The third-order valence-corrected chi connectivity index (χ3v) is 11.0. The van der Waals surface area contributed by atoms with Crippen LogP contribution in [0.25, 0.3) is 0 Å². The summed E-state index contributed by atoms with van der Waals surface area (Å²) in [5.74, 6) is 0. The van der Waals surface area contributed by atoms with E-state index in [4.69, 9.17) is 18.6 Å². The van der Waals surface area contributed by atoms with Gasteiger partial charge in [-0.2, -0.15) is 0 Å². The normalized spacial score (nSPS) is 8.54. The van der Waals surface area contributed by atoms with Gasteiger partial charge in [-0.15, -0.1) is 0 Å². The topological polar surface area (TPSA) is 79.6 Å². The van der Waals surface area contributed by atoms with Crippen LogP contribution in [0.1, 0.15) is 0 Å². The Bertz CT molecular complexity index is 1360. The van der Waals surface area contributed by atoms with Crippen LogP contribution in [0.4, 0.5) is 0 Å². The Morgan fingerprint density at radius 1 is 0.250 bits per heavy atom. The molecule has 6 aromatic carbocycles. The van der Waals surface area contributed by atoms with Crippen LogP contribution in [0.15, 0.2) is 182 Å². The molecule has 0 bridgehead atoms. The summed E-state index contributed by atoms with van der Waals surface area (Å²) in [5.41, 5.74) is 0. The van der Waals surface area contributed by atoms with Crippen LogP contribution in [0, 0.1) is 26.6 Å². The van der Waals surface area contributed by atoms with Gasteiger partial charge in [0.25, 0.3) is 0 Å². The number of benzene rings is 6. The predicted molar refractivity (Wildman–Crippen MR) is 186 cm³/mol. The maximum Gasteiger partial charge on any atom is 0 e. The molecule has 1 radical (unpaired) electrons. The van der Waals surface area contributed by atoms with Gasteiger partial charge in [-0.1, -0.05) is 182 Å². The van der Waals surface area contributed by atoms with Crippen molar-refractivity contribution in [1.29, 1.82) is 0 Å². The molecule has 0 aromatic heterocycles. The molecule has 0 unspecified atom stereocenters. The van der Waals surface area contributed by atoms with Gasteiger partial charge in [0.15, 0.2) is 0 Å². The summed E-state index contributed by atoms with van der Waals surface area (Å²) in [6.45, 7) is 18.0. The van der Waals surface area contributed by atoms with Crippen LogP contribution < -0.4 is 48.8 Å². The van der Waals surface area contributed by atoms with Crippen LogP contribution in [-0.4, -0.2) is 0 Å². The van der Waals surface area contributed by atoms with Crippen LogP contribution in [0.5, 0.6) is 0 Å². The molecule has 0 N–H and O–H groups in total. The largest absolute Gasteiger partial charge is 0.0622 e. The summed E-state index contributed by atoms with van der Waals surface area (Å²) in [4.78, 5) is 0. The predicted octanol–water partition coefficient (Wildman–Crippen LogP) is 3.74. The van der Waals surface area contributed by atoms with Gasteiger partial charge < -0.3 is 17.0 Å². The minimum atomic E-state index is -0.446. The summed E-state index contributed by atoms with van der Waals surface area (Å²) in [7, 11) is -0.892. The van der Waals surface area contributed by atoms with Crippen molar-refractivity contribution in [3.05, 3.63) is 209 Å². The van der Waals surface area contributed by atoms with Gasteiger partial charge >= 0.3 is 45.2 Å². The van der Waals surface area contributed by atoms with Crippen molar-refractivity contribution in [2.24, 2.45) is 0 Å². The number of hydrogen-bond acceptors (Lipinski definition) is 0. The fourth-order valence-corrected chi connectivity index (χ4v) is 8.97. The van der Waals surface area contributed by atoms with Crippen LogP contribution >= 0.6 is 15.8 Å². The number of rotatable bonds is 6. The smallest absolute Gasteiger partial charge is 0 e. The third kappa shape index (κ3) is 15.4. The third-order valence-electron chi connectivity index (χ3n) is 6.09. The van der Waals surface area contributed by atoms with Gasteiger partial charge in [0, 0.05) is 17.1 Å². The standard InChI is InChI=1S/2C18H15P.4CO.BrH.Mn/c2*1-4-10-16(11-5-1)19(17-12-6-2-7-13-17)18-14-8-3-9-15-18;4*1-2;;/h2*1-15H;;;;;1H;/p-1. The van der Waals surface area contributed by atoms with E-state index in [1.807, 2.05) is 0 Å². The molecular weight excluding hydrogens is 741 g/mol. The zero-order valence-electron chi connectivity index (χ0n) is 25.6. The first-order chi connectivity index (χ1) is 22.9. The maximum absolute atomic E-state index is 7.50. The number of hydrogen-bond donors (Lipinski definition) is 0. The van der Waals surface area contributed by atoms with E-state index >= 15 is 0 Å². The molecule has 0 aliphatic rings. The van der Waals surface area contributed by atoms with Crippen LogP contribution in [0.2, 0.25) is 0 Å². The molecule has 239 valence electrons. The minimum absolute atomic E-state index is 0. The zero-order valence-corrected chi connectivity index (χ0v) is 30.2. The molecule has 6 rings (SSSR count). The van der Waals surface area contributed by atoms with Gasteiger partial charge in [0.05, 0.1) is 0 Å². The SMILES string of the molecule is [Br-].[C-]#[O+].[C-]#[O+].[C-]#[O+].[C-]#[O+].[Mn].c1ccc(P(c2ccccc2)c2ccccc2)cc1.c1ccc(P(c2ccccc2)c2ccccc2)cc1. The average molecular weight is 771 g/mol. The Hall–Kier alpha value is -3.86. The second-order valence-electron chi connectivity index (χ2n) is 8.68. The van der Waals surface area contributed by atoms with Crippen molar-refractivity contribution in [1.82, 2.24) is 0 Å². The fourth-order valence-electron chi connectivity index (χ4n) is 4.36. The van der Waals surface area contributed by atoms with Gasteiger partial charge in [-0.05, 0) is 47.7 Å². The molecule has 0 saturated carbocycles. The first kappa shape index (κ1) is 46.3. The molecule has 0 heterocycles. The Kier molecular flexibility index (Phi) is 29.4. The van der Waals surface area contributed by atoms with Crippen LogP contribution in [-0.2, 0) is 35.7 Å².